The lowest BCUT2D eigenvalue weighted by atomic mass is 9.85. The Bertz CT molecular complexity index is 1690. The predicted octanol–water partition coefficient (Wildman–Crippen LogP) is 4.74. The van der Waals surface area contributed by atoms with Gasteiger partial charge in [0.25, 0.3) is 11.5 Å². The number of sulfone groups is 1. The van der Waals surface area contributed by atoms with Gasteiger partial charge in [0.05, 0.1) is 16.9 Å². The molecule has 0 amide bonds. The fourth-order valence-electron chi connectivity index (χ4n) is 6.56. The molecule has 12 heteroatoms. The van der Waals surface area contributed by atoms with Crippen molar-refractivity contribution in [2.45, 2.75) is 57.5 Å². The number of halogens is 2. The largest absolute Gasteiger partial charge is 0.365 e. The summed E-state index contributed by atoms with van der Waals surface area (Å²) >= 11 is 0. The Morgan fingerprint density at radius 3 is 2.52 bits per heavy atom. The molecule has 1 atom stereocenters. The molecule has 1 aromatic carbocycles. The quantitative estimate of drug-likeness (QED) is 0.387. The van der Waals surface area contributed by atoms with Crippen LogP contribution in [0, 0.1) is 5.92 Å². The normalized spacial score (nSPS) is 26.5. The van der Waals surface area contributed by atoms with E-state index in [0.717, 1.165) is 25.8 Å². The lowest BCUT2D eigenvalue weighted by Gasteiger charge is -2.35. The maximum absolute atomic E-state index is 15.8. The van der Waals surface area contributed by atoms with Gasteiger partial charge >= 0.3 is 0 Å². The SMILES string of the molecule is C[C@H]1Nc2ncnc3c2cc(N2CCS(=O)(=O)CC2)c(=O)n3CCCC/C=C/CN2CCC(CC2)C(F)(F)c2cccc1c2. The number of benzene rings is 1. The number of alkyl halides is 2. The zero-order chi connectivity index (χ0) is 30.9. The summed E-state index contributed by atoms with van der Waals surface area (Å²) in [4.78, 5) is 26.9. The summed E-state index contributed by atoms with van der Waals surface area (Å²) < 4.78 is 57.5. The molecule has 44 heavy (non-hydrogen) atoms. The van der Waals surface area contributed by atoms with Gasteiger partial charge in [-0.15, -0.1) is 0 Å². The number of aryl methyl sites for hydroxylation is 1. The molecule has 1 N–H and O–H groups in total. The molecule has 6 heterocycles. The summed E-state index contributed by atoms with van der Waals surface area (Å²) in [5, 5.41) is 4.02. The highest BCUT2D eigenvalue weighted by Crippen LogP contribution is 2.42. The molecule has 2 fully saturated rings. The second-order valence-corrected chi connectivity index (χ2v) is 14.5. The summed E-state index contributed by atoms with van der Waals surface area (Å²) in [7, 11) is -3.14. The van der Waals surface area contributed by atoms with Gasteiger partial charge in [-0.1, -0.05) is 30.4 Å². The van der Waals surface area contributed by atoms with Crippen LogP contribution in [0.15, 0.2) is 53.6 Å². The first kappa shape index (κ1) is 30.6. The first-order valence-electron chi connectivity index (χ1n) is 15.6. The minimum atomic E-state index is -3.14. The third-order valence-electron chi connectivity index (χ3n) is 9.31. The van der Waals surface area contributed by atoms with Gasteiger partial charge in [0.15, 0.2) is 9.84 Å². The molecule has 4 aliphatic heterocycles. The van der Waals surface area contributed by atoms with Crippen LogP contribution in [-0.2, 0) is 22.3 Å². The van der Waals surface area contributed by atoms with Gasteiger partial charge in [0, 0.05) is 43.7 Å². The van der Waals surface area contributed by atoms with E-state index in [1.165, 1.54) is 12.4 Å². The van der Waals surface area contributed by atoms with E-state index >= 15 is 8.78 Å². The van der Waals surface area contributed by atoms with Crippen LogP contribution in [0.4, 0.5) is 20.3 Å². The Balaban J connectivity index is 1.40. The molecule has 2 aromatic heterocycles. The molecular weight excluding hydrogens is 586 g/mol. The van der Waals surface area contributed by atoms with Crippen molar-refractivity contribution >= 4 is 32.4 Å². The van der Waals surface area contributed by atoms with E-state index in [0.29, 0.717) is 60.6 Å². The highest BCUT2D eigenvalue weighted by Gasteiger charge is 2.42. The molecule has 2 saturated heterocycles. The molecule has 0 saturated carbocycles. The molecule has 0 radical (unpaired) electrons. The summed E-state index contributed by atoms with van der Waals surface area (Å²) in [6, 6.07) is 8.01. The standard InChI is InChI=1S/C32H40F2N6O3S/c1-23-24-8-7-9-26(20-24)32(33,34)25-10-14-38(15-11-25)12-5-3-2-4-6-13-40-30-27(29(37-23)35-22-36-30)21-28(31(40)41)39-16-18-44(42,43)19-17-39/h3,5,7-9,20-23,25H,2,4,6,10-19H2,1H3,(H,35,36,37)/b5-3+/t23-/m1/s1. The number of piperidine rings is 1. The van der Waals surface area contributed by atoms with Gasteiger partial charge in [-0.25, -0.2) is 27.2 Å². The third-order valence-corrected chi connectivity index (χ3v) is 10.9. The van der Waals surface area contributed by atoms with Crippen molar-refractivity contribution in [3.63, 3.8) is 0 Å². The fourth-order valence-corrected chi connectivity index (χ4v) is 7.76. The molecule has 0 unspecified atom stereocenters. The van der Waals surface area contributed by atoms with E-state index in [-0.39, 0.29) is 41.8 Å². The minimum Gasteiger partial charge on any atom is -0.365 e. The lowest BCUT2D eigenvalue weighted by Crippen LogP contribution is -2.43. The van der Waals surface area contributed by atoms with Crippen LogP contribution in [0.3, 0.4) is 0 Å². The Morgan fingerprint density at radius 2 is 1.75 bits per heavy atom. The van der Waals surface area contributed by atoms with Gasteiger partial charge < -0.3 is 10.2 Å². The van der Waals surface area contributed by atoms with Gasteiger partial charge in [-0.3, -0.25) is 14.3 Å². The number of nitrogens with zero attached hydrogens (tertiary/aromatic N) is 5. The van der Waals surface area contributed by atoms with Crippen molar-refractivity contribution < 1.29 is 17.2 Å². The molecule has 7 rings (SSSR count). The van der Waals surface area contributed by atoms with E-state index in [2.05, 4.69) is 32.3 Å². The van der Waals surface area contributed by atoms with Crippen molar-refractivity contribution in [2.24, 2.45) is 5.92 Å². The van der Waals surface area contributed by atoms with E-state index in [1.807, 2.05) is 17.9 Å². The number of pyridine rings is 1. The average molecular weight is 627 g/mol. The maximum atomic E-state index is 15.8. The molecule has 4 aliphatic rings. The summed E-state index contributed by atoms with van der Waals surface area (Å²) in [6.45, 7) is 4.87. The Labute approximate surface area is 256 Å². The van der Waals surface area contributed by atoms with E-state index in [1.54, 1.807) is 22.8 Å². The average Bonchev–Trinajstić information content (AvgIpc) is 3.01. The summed E-state index contributed by atoms with van der Waals surface area (Å²) in [6.07, 6.45) is 9.03. The first-order chi connectivity index (χ1) is 21.1. The number of hydrogen-bond acceptors (Lipinski definition) is 8. The lowest BCUT2D eigenvalue weighted by molar-refractivity contribution is -0.0847. The number of aromatic nitrogens is 3. The number of fused-ring (bicyclic) bond motifs is 8. The van der Waals surface area contributed by atoms with Crippen molar-refractivity contribution in [3.8, 4) is 0 Å². The van der Waals surface area contributed by atoms with E-state index < -0.39 is 21.7 Å². The first-order valence-corrected chi connectivity index (χ1v) is 17.4. The highest BCUT2D eigenvalue weighted by atomic mass is 32.2. The molecule has 236 valence electrons. The maximum Gasteiger partial charge on any atom is 0.276 e. The topological polar surface area (TPSA) is 100 Å². The second kappa shape index (κ2) is 12.5. The number of anilines is 2. The van der Waals surface area contributed by atoms with Gasteiger partial charge in [0.2, 0.25) is 0 Å². The third kappa shape index (κ3) is 6.37. The van der Waals surface area contributed by atoms with Crippen LogP contribution >= 0.6 is 0 Å². The Kier molecular flexibility index (Phi) is 8.74. The summed E-state index contributed by atoms with van der Waals surface area (Å²) in [5.41, 5.74) is 1.43. The van der Waals surface area contributed by atoms with Crippen LogP contribution in [0.2, 0.25) is 0 Å². The molecular formula is C32H40F2N6O3S. The Hall–Kier alpha value is -3.38. The van der Waals surface area contributed by atoms with Crippen LogP contribution < -0.4 is 15.8 Å². The minimum absolute atomic E-state index is 0.0104. The second-order valence-electron chi connectivity index (χ2n) is 12.2. The van der Waals surface area contributed by atoms with Crippen LogP contribution in [-0.4, -0.2) is 72.1 Å². The van der Waals surface area contributed by atoms with Crippen molar-refractivity contribution in [3.05, 3.63) is 70.3 Å². The Morgan fingerprint density at radius 1 is 0.977 bits per heavy atom. The van der Waals surface area contributed by atoms with Crippen LogP contribution in [0.25, 0.3) is 11.0 Å². The smallest absolute Gasteiger partial charge is 0.276 e. The molecule has 3 aromatic rings. The number of hydrogen-bond donors (Lipinski definition) is 1. The molecule has 0 aliphatic carbocycles. The van der Waals surface area contributed by atoms with E-state index in [9.17, 15) is 13.2 Å². The number of rotatable bonds is 1. The zero-order valence-corrected chi connectivity index (χ0v) is 25.9. The van der Waals surface area contributed by atoms with Gasteiger partial charge in [-0.2, -0.15) is 0 Å². The number of nitrogens with one attached hydrogen (secondary N) is 1. The van der Waals surface area contributed by atoms with Gasteiger partial charge in [-0.05, 0) is 69.8 Å². The highest BCUT2D eigenvalue weighted by molar-refractivity contribution is 7.91. The van der Waals surface area contributed by atoms with Crippen LogP contribution in [0.1, 0.15) is 56.2 Å². The van der Waals surface area contributed by atoms with Crippen molar-refractivity contribution in [1.29, 1.82) is 0 Å². The van der Waals surface area contributed by atoms with Crippen LogP contribution in [0.5, 0.6) is 0 Å². The molecule has 8 bridgehead atoms. The van der Waals surface area contributed by atoms with Crippen molar-refractivity contribution in [1.82, 2.24) is 19.4 Å². The summed E-state index contributed by atoms with van der Waals surface area (Å²) in [5.74, 6) is -3.18. The van der Waals surface area contributed by atoms with Gasteiger partial charge in [0.1, 0.15) is 23.5 Å². The molecule has 0 spiro atoms. The predicted molar refractivity (Wildman–Crippen MR) is 169 cm³/mol. The van der Waals surface area contributed by atoms with E-state index in [4.69, 9.17) is 0 Å². The fraction of sp³-hybridized carbons (Fsp3) is 0.531. The zero-order valence-electron chi connectivity index (χ0n) is 25.1. The molecule has 9 nitrogen and oxygen atoms in total. The monoisotopic (exact) mass is 626 g/mol. The number of allylic oxidation sites excluding steroid dienone is 1. The van der Waals surface area contributed by atoms with Crippen molar-refractivity contribution in [2.75, 3.05) is 54.4 Å².